The van der Waals surface area contributed by atoms with Crippen LogP contribution in [0.2, 0.25) is 0 Å². The van der Waals surface area contributed by atoms with Crippen LogP contribution < -0.4 is 15.5 Å². The summed E-state index contributed by atoms with van der Waals surface area (Å²) in [5.41, 5.74) is 2.63. The van der Waals surface area contributed by atoms with Crippen molar-refractivity contribution >= 4 is 39.6 Å². The summed E-state index contributed by atoms with van der Waals surface area (Å²) < 4.78 is 38.9. The molecule has 0 aromatic heterocycles. The summed E-state index contributed by atoms with van der Waals surface area (Å²) in [5, 5.41) is 5.97. The van der Waals surface area contributed by atoms with Crippen LogP contribution in [0.15, 0.2) is 83.8 Å². The SMILES string of the molecule is CCOC(=O)[C@H](Cc1ccc(N(C(=O)OCc2ccccc2)C(=O)C2CCNCC2)cc1)NC(=O)[C@@H]1CCCN1S(=O)(=O)c1ccc(C)cc1. The van der Waals surface area contributed by atoms with E-state index in [2.05, 4.69) is 10.6 Å². The summed E-state index contributed by atoms with van der Waals surface area (Å²) in [6.45, 7) is 5.11. The van der Waals surface area contributed by atoms with E-state index in [9.17, 15) is 27.6 Å². The fourth-order valence-electron chi connectivity index (χ4n) is 6.21. The van der Waals surface area contributed by atoms with Crippen LogP contribution in [-0.4, -0.2) is 74.9 Å². The molecule has 0 unspecified atom stereocenters. The van der Waals surface area contributed by atoms with Crippen LogP contribution in [0.25, 0.3) is 0 Å². The highest BCUT2D eigenvalue weighted by Crippen LogP contribution is 2.27. The number of ether oxygens (including phenoxy) is 2. The van der Waals surface area contributed by atoms with Gasteiger partial charge < -0.3 is 20.1 Å². The van der Waals surface area contributed by atoms with E-state index in [0.29, 0.717) is 50.0 Å². The molecule has 12 nitrogen and oxygen atoms in total. The molecule has 0 bridgehead atoms. The molecule has 2 aliphatic heterocycles. The van der Waals surface area contributed by atoms with Gasteiger partial charge in [0.15, 0.2) is 0 Å². The van der Waals surface area contributed by atoms with Gasteiger partial charge in [0, 0.05) is 18.9 Å². The van der Waals surface area contributed by atoms with Crippen LogP contribution in [0.4, 0.5) is 10.5 Å². The number of rotatable bonds is 12. The van der Waals surface area contributed by atoms with Crippen molar-refractivity contribution in [2.24, 2.45) is 5.92 Å². The van der Waals surface area contributed by atoms with E-state index < -0.39 is 40.1 Å². The minimum Gasteiger partial charge on any atom is -0.464 e. The zero-order valence-corrected chi connectivity index (χ0v) is 29.2. The van der Waals surface area contributed by atoms with E-state index in [1.54, 1.807) is 43.3 Å². The molecule has 2 atom stereocenters. The van der Waals surface area contributed by atoms with Crippen molar-refractivity contribution < 1.29 is 37.1 Å². The van der Waals surface area contributed by atoms with Gasteiger partial charge in [0.2, 0.25) is 21.8 Å². The number of esters is 1. The smallest absolute Gasteiger partial charge is 0.421 e. The molecule has 50 heavy (non-hydrogen) atoms. The Morgan fingerprint density at radius 1 is 0.900 bits per heavy atom. The predicted octanol–water partition coefficient (Wildman–Crippen LogP) is 4.11. The Labute approximate surface area is 293 Å². The number of amides is 3. The molecule has 2 saturated heterocycles. The number of carbonyl (C=O) groups excluding carboxylic acids is 4. The van der Waals surface area contributed by atoms with E-state index in [4.69, 9.17) is 9.47 Å². The molecular formula is C37H44N4O8S. The minimum atomic E-state index is -3.95. The molecule has 2 heterocycles. The molecule has 2 fully saturated rings. The van der Waals surface area contributed by atoms with Crippen LogP contribution in [-0.2, 0) is 46.9 Å². The average Bonchev–Trinajstić information content (AvgIpc) is 3.64. The van der Waals surface area contributed by atoms with Crippen molar-refractivity contribution in [2.45, 2.75) is 69.5 Å². The first kappa shape index (κ1) is 36.7. The van der Waals surface area contributed by atoms with Crippen LogP contribution in [0, 0.1) is 12.8 Å². The summed E-state index contributed by atoms with van der Waals surface area (Å²) >= 11 is 0. The molecule has 3 aromatic rings. The van der Waals surface area contributed by atoms with Crippen molar-refractivity contribution in [3.63, 3.8) is 0 Å². The molecule has 2 N–H and O–H groups in total. The first-order valence-electron chi connectivity index (χ1n) is 17.0. The maximum absolute atomic E-state index is 13.7. The minimum absolute atomic E-state index is 0.000575. The maximum Gasteiger partial charge on any atom is 0.421 e. The van der Waals surface area contributed by atoms with Crippen molar-refractivity contribution in [1.29, 1.82) is 0 Å². The van der Waals surface area contributed by atoms with Gasteiger partial charge in [-0.2, -0.15) is 4.31 Å². The van der Waals surface area contributed by atoms with Crippen molar-refractivity contribution in [1.82, 2.24) is 14.9 Å². The second kappa shape index (κ2) is 16.9. The highest BCUT2D eigenvalue weighted by atomic mass is 32.2. The number of hydrogen-bond donors (Lipinski definition) is 2. The van der Waals surface area contributed by atoms with Crippen molar-refractivity contribution in [3.05, 3.63) is 95.6 Å². The topological polar surface area (TPSA) is 151 Å². The summed E-state index contributed by atoms with van der Waals surface area (Å²) in [5.74, 6) is -1.96. The van der Waals surface area contributed by atoms with Gasteiger partial charge in [0.05, 0.1) is 17.2 Å². The number of carbonyl (C=O) groups is 4. The number of nitrogens with zero attached hydrogens (tertiary/aromatic N) is 2. The lowest BCUT2D eigenvalue weighted by atomic mass is 9.96. The Bertz CT molecular complexity index is 1740. The highest BCUT2D eigenvalue weighted by molar-refractivity contribution is 7.89. The molecule has 0 radical (unpaired) electrons. The van der Waals surface area contributed by atoms with Gasteiger partial charge in [-0.3, -0.25) is 9.59 Å². The second-order valence-corrected chi connectivity index (χ2v) is 14.4. The first-order chi connectivity index (χ1) is 24.1. The van der Waals surface area contributed by atoms with E-state index in [-0.39, 0.29) is 42.9 Å². The van der Waals surface area contributed by atoms with E-state index in [1.165, 1.54) is 16.4 Å². The Balaban J connectivity index is 1.32. The molecule has 266 valence electrons. The van der Waals surface area contributed by atoms with E-state index >= 15 is 0 Å². The normalized spacial score (nSPS) is 17.4. The molecule has 13 heteroatoms. The third kappa shape index (κ3) is 8.95. The summed E-state index contributed by atoms with van der Waals surface area (Å²) in [6, 6.07) is 20.1. The quantitative estimate of drug-likeness (QED) is 0.266. The third-order valence-electron chi connectivity index (χ3n) is 8.95. The fraction of sp³-hybridized carbons (Fsp3) is 0.405. The lowest BCUT2D eigenvalue weighted by Crippen LogP contribution is -2.51. The Morgan fingerprint density at radius 3 is 2.24 bits per heavy atom. The molecular weight excluding hydrogens is 660 g/mol. The average molecular weight is 705 g/mol. The number of anilines is 1. The first-order valence-corrected chi connectivity index (χ1v) is 18.4. The molecule has 3 aromatic carbocycles. The lowest BCUT2D eigenvalue weighted by Gasteiger charge is -2.28. The molecule has 0 aliphatic carbocycles. The number of aryl methyl sites for hydroxylation is 1. The highest BCUT2D eigenvalue weighted by Gasteiger charge is 2.41. The van der Waals surface area contributed by atoms with E-state index in [1.807, 2.05) is 37.3 Å². The predicted molar refractivity (Wildman–Crippen MR) is 187 cm³/mol. The number of imide groups is 1. The van der Waals surface area contributed by atoms with Gasteiger partial charge in [-0.1, -0.05) is 60.2 Å². The second-order valence-electron chi connectivity index (χ2n) is 12.5. The molecule has 0 spiro atoms. The molecule has 0 saturated carbocycles. The Hall–Kier alpha value is -4.59. The zero-order chi connectivity index (χ0) is 35.7. The fourth-order valence-corrected chi connectivity index (χ4v) is 7.87. The summed E-state index contributed by atoms with van der Waals surface area (Å²) in [6.07, 6.45) is 1.22. The van der Waals surface area contributed by atoms with Gasteiger partial charge in [0.1, 0.15) is 18.7 Å². The molecule has 2 aliphatic rings. The van der Waals surface area contributed by atoms with Gasteiger partial charge in [-0.05, 0) is 88.0 Å². The molecule has 3 amide bonds. The third-order valence-corrected chi connectivity index (χ3v) is 10.9. The Kier molecular flexibility index (Phi) is 12.4. The van der Waals surface area contributed by atoms with Gasteiger partial charge in [-0.25, -0.2) is 22.9 Å². The van der Waals surface area contributed by atoms with Gasteiger partial charge in [-0.15, -0.1) is 0 Å². The number of benzene rings is 3. The van der Waals surface area contributed by atoms with Crippen LogP contribution in [0.1, 0.15) is 49.3 Å². The Morgan fingerprint density at radius 2 is 1.58 bits per heavy atom. The largest absolute Gasteiger partial charge is 0.464 e. The van der Waals surface area contributed by atoms with Crippen LogP contribution >= 0.6 is 0 Å². The zero-order valence-electron chi connectivity index (χ0n) is 28.4. The number of piperidine rings is 1. The molecule has 5 rings (SSSR count). The van der Waals surface area contributed by atoms with Crippen molar-refractivity contribution in [2.75, 3.05) is 31.1 Å². The van der Waals surface area contributed by atoms with Gasteiger partial charge in [0.25, 0.3) is 0 Å². The monoisotopic (exact) mass is 704 g/mol. The number of nitrogens with one attached hydrogen (secondary N) is 2. The summed E-state index contributed by atoms with van der Waals surface area (Å²) in [4.78, 5) is 54.9. The standard InChI is InChI=1S/C37H44N4O8S/c1-3-48-36(44)32(39-34(42)33-10-7-23-40(33)50(46,47)31-17-11-26(2)12-18-31)24-27-13-15-30(16-14-27)41(35(43)29-19-21-38-22-20-29)37(45)49-25-28-8-5-4-6-9-28/h4-6,8-9,11-18,29,32-33,38H,3,7,10,19-25H2,1-2H3,(H,39,42)/t32-,33-/m0/s1. The number of sulfonamides is 1. The van der Waals surface area contributed by atoms with Gasteiger partial charge >= 0.3 is 12.1 Å². The van der Waals surface area contributed by atoms with E-state index in [0.717, 1.165) is 16.0 Å². The van der Waals surface area contributed by atoms with Crippen LogP contribution in [0.3, 0.4) is 0 Å². The number of hydrogen-bond acceptors (Lipinski definition) is 9. The summed E-state index contributed by atoms with van der Waals surface area (Å²) in [7, 11) is -3.95. The lowest BCUT2D eigenvalue weighted by molar-refractivity contribution is -0.147. The van der Waals surface area contributed by atoms with Crippen LogP contribution in [0.5, 0.6) is 0 Å². The van der Waals surface area contributed by atoms with Crippen molar-refractivity contribution in [3.8, 4) is 0 Å². The maximum atomic E-state index is 13.7.